The molecule has 2 heterocycles. The molecule has 1 aliphatic heterocycles. The monoisotopic (exact) mass is 493 g/mol. The predicted octanol–water partition coefficient (Wildman–Crippen LogP) is 4.76. The van der Waals surface area contributed by atoms with Crippen LogP contribution in [-0.4, -0.2) is 53.5 Å². The van der Waals surface area contributed by atoms with E-state index in [1.54, 1.807) is 0 Å². The summed E-state index contributed by atoms with van der Waals surface area (Å²) in [5, 5.41) is 0. The molecular weight excluding hydrogens is 466 g/mol. The average molecular weight is 494 g/mol. The first-order valence-electron chi connectivity index (χ1n) is 11.0. The number of rotatable bonds is 7. The zero-order valence-electron chi connectivity index (χ0n) is 18.1. The van der Waals surface area contributed by atoms with E-state index in [2.05, 4.69) is 61.0 Å². The molecule has 0 radical (unpaired) electrons. The summed E-state index contributed by atoms with van der Waals surface area (Å²) in [7, 11) is 0. The standard InChI is InChI=1S/C26H28BrN3O2/c27-24-9-7-22(8-10-24)25-11-12-28-17-23(25)18-29-13-4-14-30(16-15-29)19-26(31)32-20-21-5-2-1-3-6-21/h1-3,5-12,17H,4,13-16,18-20H2. The third-order valence-corrected chi connectivity index (χ3v) is 6.26. The largest absolute Gasteiger partial charge is 0.460 e. The smallest absolute Gasteiger partial charge is 0.320 e. The second-order valence-electron chi connectivity index (χ2n) is 8.09. The van der Waals surface area contributed by atoms with E-state index in [0.717, 1.165) is 49.2 Å². The number of carbonyl (C=O) groups is 1. The van der Waals surface area contributed by atoms with Crippen LogP contribution in [0.1, 0.15) is 17.5 Å². The molecule has 0 saturated carbocycles. The highest BCUT2D eigenvalue weighted by atomic mass is 79.9. The number of ether oxygens (including phenoxy) is 1. The molecule has 0 N–H and O–H groups in total. The summed E-state index contributed by atoms with van der Waals surface area (Å²) in [6.45, 7) is 5.21. The van der Waals surface area contributed by atoms with Crippen LogP contribution in [0.15, 0.2) is 77.5 Å². The Balaban J connectivity index is 1.30. The number of aromatic nitrogens is 1. The van der Waals surface area contributed by atoms with Gasteiger partial charge in [-0.25, -0.2) is 0 Å². The van der Waals surface area contributed by atoms with E-state index in [4.69, 9.17) is 4.74 Å². The van der Waals surface area contributed by atoms with Gasteiger partial charge in [-0.2, -0.15) is 0 Å². The van der Waals surface area contributed by atoms with Crippen molar-refractivity contribution >= 4 is 21.9 Å². The summed E-state index contributed by atoms with van der Waals surface area (Å²) in [6, 6.07) is 20.3. The molecule has 6 heteroatoms. The van der Waals surface area contributed by atoms with Crippen molar-refractivity contribution in [2.75, 3.05) is 32.7 Å². The summed E-state index contributed by atoms with van der Waals surface area (Å²) >= 11 is 3.51. The van der Waals surface area contributed by atoms with Gasteiger partial charge in [0.15, 0.2) is 0 Å². The number of halogens is 1. The molecule has 0 aliphatic carbocycles. The lowest BCUT2D eigenvalue weighted by atomic mass is 10.0. The van der Waals surface area contributed by atoms with Crippen LogP contribution in [0, 0.1) is 0 Å². The third kappa shape index (κ3) is 6.48. The quantitative estimate of drug-likeness (QED) is 0.444. The number of hydrogen-bond donors (Lipinski definition) is 0. The van der Waals surface area contributed by atoms with E-state index in [1.807, 2.05) is 42.7 Å². The zero-order valence-corrected chi connectivity index (χ0v) is 19.7. The fourth-order valence-electron chi connectivity index (χ4n) is 4.01. The van der Waals surface area contributed by atoms with Crippen molar-refractivity contribution in [2.24, 2.45) is 0 Å². The lowest BCUT2D eigenvalue weighted by Crippen LogP contribution is -2.34. The first-order valence-corrected chi connectivity index (χ1v) is 11.8. The molecule has 1 fully saturated rings. The first kappa shape index (κ1) is 22.6. The SMILES string of the molecule is O=C(CN1CCCN(Cc2cnccc2-c2ccc(Br)cc2)CC1)OCc1ccccc1. The van der Waals surface area contributed by atoms with Gasteiger partial charge in [-0.1, -0.05) is 58.4 Å². The van der Waals surface area contributed by atoms with Crippen LogP contribution < -0.4 is 0 Å². The molecule has 0 unspecified atom stereocenters. The van der Waals surface area contributed by atoms with Crippen molar-refractivity contribution in [2.45, 2.75) is 19.6 Å². The Bertz CT molecular complexity index is 1010. The number of nitrogens with zero attached hydrogens (tertiary/aromatic N) is 3. The molecule has 0 bridgehead atoms. The highest BCUT2D eigenvalue weighted by molar-refractivity contribution is 9.10. The van der Waals surface area contributed by atoms with Crippen molar-refractivity contribution in [3.05, 3.63) is 88.7 Å². The molecule has 0 spiro atoms. The molecule has 3 aromatic rings. The first-order chi connectivity index (χ1) is 15.7. The fourth-order valence-corrected chi connectivity index (χ4v) is 4.28. The number of hydrogen-bond acceptors (Lipinski definition) is 5. The topological polar surface area (TPSA) is 45.7 Å². The number of pyridine rings is 1. The Morgan fingerprint density at radius 2 is 1.69 bits per heavy atom. The molecule has 1 saturated heterocycles. The number of carbonyl (C=O) groups excluding carboxylic acids is 1. The van der Waals surface area contributed by atoms with Gasteiger partial charge in [0.25, 0.3) is 0 Å². The highest BCUT2D eigenvalue weighted by Gasteiger charge is 2.19. The Morgan fingerprint density at radius 1 is 0.938 bits per heavy atom. The van der Waals surface area contributed by atoms with E-state index in [-0.39, 0.29) is 5.97 Å². The Hall–Kier alpha value is -2.54. The van der Waals surface area contributed by atoms with E-state index < -0.39 is 0 Å². The fraction of sp³-hybridized carbons (Fsp3) is 0.308. The second-order valence-corrected chi connectivity index (χ2v) is 9.01. The molecular formula is C26H28BrN3O2. The van der Waals surface area contributed by atoms with Crippen LogP contribution >= 0.6 is 15.9 Å². The Labute approximate surface area is 198 Å². The van der Waals surface area contributed by atoms with Crippen LogP contribution in [0.2, 0.25) is 0 Å². The molecule has 0 amide bonds. The maximum Gasteiger partial charge on any atom is 0.320 e. The van der Waals surface area contributed by atoms with E-state index in [0.29, 0.717) is 13.2 Å². The van der Waals surface area contributed by atoms with E-state index in [9.17, 15) is 4.79 Å². The van der Waals surface area contributed by atoms with Crippen LogP contribution in [0.3, 0.4) is 0 Å². The molecule has 2 aromatic carbocycles. The second kappa shape index (κ2) is 11.4. The van der Waals surface area contributed by atoms with Gasteiger partial charge < -0.3 is 4.74 Å². The lowest BCUT2D eigenvalue weighted by molar-refractivity contribution is -0.146. The summed E-state index contributed by atoms with van der Waals surface area (Å²) < 4.78 is 6.54. The summed E-state index contributed by atoms with van der Waals surface area (Å²) in [4.78, 5) is 21.3. The van der Waals surface area contributed by atoms with Gasteiger partial charge in [-0.05, 0) is 53.4 Å². The maximum atomic E-state index is 12.3. The van der Waals surface area contributed by atoms with Gasteiger partial charge in [-0.3, -0.25) is 19.6 Å². The molecule has 32 heavy (non-hydrogen) atoms. The van der Waals surface area contributed by atoms with E-state index >= 15 is 0 Å². The minimum absolute atomic E-state index is 0.160. The maximum absolute atomic E-state index is 12.3. The third-order valence-electron chi connectivity index (χ3n) is 5.73. The van der Waals surface area contributed by atoms with Crippen LogP contribution in [-0.2, 0) is 22.7 Å². The summed E-state index contributed by atoms with van der Waals surface area (Å²) in [5.74, 6) is -0.160. The molecule has 1 aromatic heterocycles. The van der Waals surface area contributed by atoms with Crippen molar-refractivity contribution in [3.63, 3.8) is 0 Å². The average Bonchev–Trinajstić information content (AvgIpc) is 3.04. The number of benzene rings is 2. The molecule has 1 aliphatic rings. The minimum atomic E-state index is -0.160. The molecule has 4 rings (SSSR count). The predicted molar refractivity (Wildman–Crippen MR) is 130 cm³/mol. The van der Waals surface area contributed by atoms with Crippen LogP contribution in [0.5, 0.6) is 0 Å². The Kier molecular flexibility index (Phi) is 8.04. The molecule has 0 atom stereocenters. The highest BCUT2D eigenvalue weighted by Crippen LogP contribution is 2.26. The Morgan fingerprint density at radius 3 is 2.50 bits per heavy atom. The summed E-state index contributed by atoms with van der Waals surface area (Å²) in [5.41, 5.74) is 4.66. The van der Waals surface area contributed by atoms with Crippen LogP contribution in [0.4, 0.5) is 0 Å². The van der Waals surface area contributed by atoms with Crippen molar-refractivity contribution in [1.82, 2.24) is 14.8 Å². The molecule has 5 nitrogen and oxygen atoms in total. The van der Waals surface area contributed by atoms with Gasteiger partial charge >= 0.3 is 5.97 Å². The van der Waals surface area contributed by atoms with Gasteiger partial charge in [-0.15, -0.1) is 0 Å². The normalized spacial score (nSPS) is 15.3. The van der Waals surface area contributed by atoms with E-state index in [1.165, 1.54) is 16.7 Å². The van der Waals surface area contributed by atoms with Gasteiger partial charge in [0, 0.05) is 43.0 Å². The lowest BCUT2D eigenvalue weighted by Gasteiger charge is -2.22. The summed E-state index contributed by atoms with van der Waals surface area (Å²) in [6.07, 6.45) is 4.85. The number of esters is 1. The van der Waals surface area contributed by atoms with Crippen LogP contribution in [0.25, 0.3) is 11.1 Å². The van der Waals surface area contributed by atoms with Crippen molar-refractivity contribution < 1.29 is 9.53 Å². The van der Waals surface area contributed by atoms with Crippen molar-refractivity contribution in [3.8, 4) is 11.1 Å². The minimum Gasteiger partial charge on any atom is -0.460 e. The zero-order chi connectivity index (χ0) is 22.2. The van der Waals surface area contributed by atoms with Gasteiger partial charge in [0.1, 0.15) is 6.61 Å². The molecule has 166 valence electrons. The van der Waals surface area contributed by atoms with Gasteiger partial charge in [0.2, 0.25) is 0 Å². The van der Waals surface area contributed by atoms with Crippen molar-refractivity contribution in [1.29, 1.82) is 0 Å². The van der Waals surface area contributed by atoms with Gasteiger partial charge in [0.05, 0.1) is 6.54 Å².